The van der Waals surface area contributed by atoms with E-state index >= 15 is 0 Å². The summed E-state index contributed by atoms with van der Waals surface area (Å²) < 4.78 is 27.7. The van der Waals surface area contributed by atoms with Gasteiger partial charge in [-0.15, -0.1) is 0 Å². The van der Waals surface area contributed by atoms with Crippen LogP contribution in [0, 0.1) is 6.92 Å². The standard InChI is InChI=1S/C12H15NO3S/c1-8-5-9-3-4-13-7-12(17(14)15)10(9)6-11(8)16-2/h5-6,13H,3-4,7H2,1-2H3. The van der Waals surface area contributed by atoms with E-state index in [2.05, 4.69) is 5.32 Å². The molecule has 17 heavy (non-hydrogen) atoms. The molecule has 1 aliphatic heterocycles. The first-order valence-corrected chi connectivity index (χ1v) is 6.54. The SMILES string of the molecule is COc1cc2c(cc1C)CCNCC2=S(=O)=O. The molecule has 1 N–H and O–H groups in total. The highest BCUT2D eigenvalue weighted by Gasteiger charge is 2.17. The van der Waals surface area contributed by atoms with Crippen LogP contribution in [0.5, 0.6) is 5.75 Å². The third kappa shape index (κ3) is 2.35. The summed E-state index contributed by atoms with van der Waals surface area (Å²) in [4.78, 5) is 0.413. The topological polar surface area (TPSA) is 55.4 Å². The molecule has 0 unspecified atom stereocenters. The Morgan fingerprint density at radius 2 is 2.12 bits per heavy atom. The van der Waals surface area contributed by atoms with Crippen LogP contribution in [0.3, 0.4) is 0 Å². The van der Waals surface area contributed by atoms with Gasteiger partial charge in [-0.05, 0) is 37.1 Å². The Morgan fingerprint density at radius 1 is 1.35 bits per heavy atom. The summed E-state index contributed by atoms with van der Waals surface area (Å²) in [6.45, 7) is 3.14. The lowest BCUT2D eigenvalue weighted by atomic mass is 9.99. The molecule has 5 heteroatoms. The molecule has 0 aromatic heterocycles. The molecule has 0 bridgehead atoms. The number of hydrogen-bond acceptors (Lipinski definition) is 4. The fourth-order valence-electron chi connectivity index (χ4n) is 2.10. The van der Waals surface area contributed by atoms with E-state index in [1.54, 1.807) is 7.11 Å². The lowest BCUT2D eigenvalue weighted by molar-refractivity contribution is 0.411. The second-order valence-electron chi connectivity index (χ2n) is 4.06. The average Bonchev–Trinajstić information content (AvgIpc) is 2.49. The van der Waals surface area contributed by atoms with E-state index in [-0.39, 0.29) is 0 Å². The van der Waals surface area contributed by atoms with Gasteiger partial charge in [0.05, 0.1) is 12.0 Å². The lowest BCUT2D eigenvalue weighted by Crippen LogP contribution is -2.22. The van der Waals surface area contributed by atoms with Gasteiger partial charge < -0.3 is 10.1 Å². The van der Waals surface area contributed by atoms with Gasteiger partial charge in [0.1, 0.15) is 5.75 Å². The predicted octanol–water partition coefficient (Wildman–Crippen LogP) is 0.549. The largest absolute Gasteiger partial charge is 0.496 e. The van der Waals surface area contributed by atoms with Gasteiger partial charge in [-0.25, -0.2) is 0 Å². The number of nitrogens with one attached hydrogen (secondary N) is 1. The fraction of sp³-hybridized carbons (Fsp3) is 0.417. The monoisotopic (exact) mass is 253 g/mol. The van der Waals surface area contributed by atoms with Crippen LogP contribution in [0.4, 0.5) is 0 Å². The first-order valence-electron chi connectivity index (χ1n) is 5.47. The molecular weight excluding hydrogens is 238 g/mol. The Balaban J connectivity index is 2.69. The zero-order valence-corrected chi connectivity index (χ0v) is 10.7. The second kappa shape index (κ2) is 4.89. The molecular formula is C12H15NO3S. The van der Waals surface area contributed by atoms with E-state index in [0.29, 0.717) is 11.4 Å². The van der Waals surface area contributed by atoms with E-state index < -0.39 is 10.3 Å². The van der Waals surface area contributed by atoms with Crippen molar-refractivity contribution < 1.29 is 13.2 Å². The average molecular weight is 253 g/mol. The van der Waals surface area contributed by atoms with Gasteiger partial charge in [-0.2, -0.15) is 8.42 Å². The number of aryl methyl sites for hydroxylation is 1. The number of methoxy groups -OCH3 is 1. The van der Waals surface area contributed by atoms with E-state index in [0.717, 1.165) is 35.4 Å². The predicted molar refractivity (Wildman–Crippen MR) is 67.3 cm³/mol. The molecule has 0 amide bonds. The highest BCUT2D eigenvalue weighted by molar-refractivity contribution is 7.73. The molecule has 1 heterocycles. The van der Waals surface area contributed by atoms with Crippen LogP contribution >= 0.6 is 0 Å². The van der Waals surface area contributed by atoms with Crippen LogP contribution < -0.4 is 10.1 Å². The molecule has 1 aromatic rings. The number of rotatable bonds is 1. The Bertz CT molecular complexity index is 568. The first-order chi connectivity index (χ1) is 8.13. The number of benzene rings is 1. The third-order valence-electron chi connectivity index (χ3n) is 2.98. The van der Waals surface area contributed by atoms with Crippen molar-refractivity contribution in [1.29, 1.82) is 0 Å². The zero-order chi connectivity index (χ0) is 12.4. The smallest absolute Gasteiger partial charge is 0.219 e. The van der Waals surface area contributed by atoms with Crippen LogP contribution in [-0.2, 0) is 16.7 Å². The number of ether oxygens (including phenoxy) is 1. The molecule has 1 aliphatic rings. The van der Waals surface area contributed by atoms with Crippen LogP contribution in [0.1, 0.15) is 16.7 Å². The van der Waals surface area contributed by atoms with Gasteiger partial charge in [0, 0.05) is 12.1 Å². The summed E-state index contributed by atoms with van der Waals surface area (Å²) >= 11 is 0. The second-order valence-corrected chi connectivity index (χ2v) is 5.03. The van der Waals surface area contributed by atoms with Crippen molar-refractivity contribution in [1.82, 2.24) is 5.32 Å². The van der Waals surface area contributed by atoms with E-state index in [4.69, 9.17) is 4.74 Å². The Morgan fingerprint density at radius 3 is 2.76 bits per heavy atom. The molecule has 0 spiro atoms. The van der Waals surface area contributed by atoms with Crippen molar-refractivity contribution in [2.45, 2.75) is 13.3 Å². The van der Waals surface area contributed by atoms with Crippen molar-refractivity contribution in [3.05, 3.63) is 28.8 Å². The van der Waals surface area contributed by atoms with Crippen molar-refractivity contribution in [3.63, 3.8) is 0 Å². The summed E-state index contributed by atoms with van der Waals surface area (Å²) in [6.07, 6.45) is 0.834. The maximum Gasteiger partial charge on any atom is 0.219 e. The highest BCUT2D eigenvalue weighted by atomic mass is 32.2. The molecule has 0 atom stereocenters. The van der Waals surface area contributed by atoms with Gasteiger partial charge in [0.25, 0.3) is 0 Å². The molecule has 0 radical (unpaired) electrons. The van der Waals surface area contributed by atoms with Crippen LogP contribution in [0.2, 0.25) is 0 Å². The minimum atomic E-state index is -2.19. The molecule has 0 fully saturated rings. The maximum absolute atomic E-state index is 11.2. The minimum absolute atomic E-state index is 0.384. The van der Waals surface area contributed by atoms with Gasteiger partial charge in [0.2, 0.25) is 10.3 Å². The van der Waals surface area contributed by atoms with Crippen molar-refractivity contribution in [3.8, 4) is 5.75 Å². The molecule has 0 saturated carbocycles. The fourth-order valence-corrected chi connectivity index (χ4v) is 2.69. The Kier molecular flexibility index (Phi) is 3.49. The summed E-state index contributed by atoms with van der Waals surface area (Å²) in [7, 11) is -0.598. The summed E-state index contributed by atoms with van der Waals surface area (Å²) in [5.74, 6) is 0.730. The molecule has 2 rings (SSSR count). The lowest BCUT2D eigenvalue weighted by Gasteiger charge is -2.11. The Labute approximate surface area is 102 Å². The highest BCUT2D eigenvalue weighted by Crippen LogP contribution is 2.24. The van der Waals surface area contributed by atoms with Gasteiger partial charge >= 0.3 is 0 Å². The van der Waals surface area contributed by atoms with E-state index in [9.17, 15) is 8.42 Å². The van der Waals surface area contributed by atoms with Crippen LogP contribution in [-0.4, -0.2) is 33.5 Å². The van der Waals surface area contributed by atoms with Gasteiger partial charge in [0.15, 0.2) is 0 Å². The third-order valence-corrected chi connectivity index (χ3v) is 3.75. The van der Waals surface area contributed by atoms with Gasteiger partial charge in [-0.3, -0.25) is 0 Å². The van der Waals surface area contributed by atoms with Gasteiger partial charge in [-0.1, -0.05) is 6.07 Å². The van der Waals surface area contributed by atoms with Crippen molar-refractivity contribution >= 4 is 15.2 Å². The Hall–Kier alpha value is -1.33. The van der Waals surface area contributed by atoms with Crippen molar-refractivity contribution in [2.75, 3.05) is 20.2 Å². The molecule has 92 valence electrons. The zero-order valence-electron chi connectivity index (χ0n) is 9.91. The summed E-state index contributed by atoms with van der Waals surface area (Å²) in [5, 5.41) is 3.11. The quantitative estimate of drug-likeness (QED) is 0.743. The summed E-state index contributed by atoms with van der Waals surface area (Å²) in [5.41, 5.74) is 2.88. The number of fused-ring (bicyclic) bond motifs is 1. The molecule has 4 nitrogen and oxygen atoms in total. The van der Waals surface area contributed by atoms with E-state index in [1.807, 2.05) is 19.1 Å². The van der Waals surface area contributed by atoms with Crippen LogP contribution in [0.25, 0.3) is 0 Å². The molecule has 0 aliphatic carbocycles. The van der Waals surface area contributed by atoms with Crippen molar-refractivity contribution in [2.24, 2.45) is 0 Å². The maximum atomic E-state index is 11.2. The molecule has 1 aromatic carbocycles. The van der Waals surface area contributed by atoms with Crippen LogP contribution in [0.15, 0.2) is 12.1 Å². The first kappa shape index (κ1) is 12.1. The normalized spacial score (nSPS) is 15.1. The van der Waals surface area contributed by atoms with E-state index in [1.165, 1.54) is 0 Å². The minimum Gasteiger partial charge on any atom is -0.496 e. The molecule has 0 saturated heterocycles. The summed E-state index contributed by atoms with van der Waals surface area (Å²) in [6, 6.07) is 3.83. The number of hydrogen-bond donors (Lipinski definition) is 1.